The summed E-state index contributed by atoms with van der Waals surface area (Å²) >= 11 is 0. The molecule has 2 aromatic rings. The first-order chi connectivity index (χ1) is 11.4. The Morgan fingerprint density at radius 2 is 1.67 bits per heavy atom. The van der Waals surface area contributed by atoms with Crippen molar-refractivity contribution in [2.75, 3.05) is 0 Å². The summed E-state index contributed by atoms with van der Waals surface area (Å²) in [5.41, 5.74) is 9.63. The second kappa shape index (κ2) is 5.07. The summed E-state index contributed by atoms with van der Waals surface area (Å²) in [4.78, 5) is 0. The number of allylic oxidation sites excluding steroid dienone is 2. The van der Waals surface area contributed by atoms with Crippen LogP contribution in [0, 0.1) is 20.8 Å². The zero-order valence-electron chi connectivity index (χ0n) is 14.8. The number of aryl methyl sites for hydroxylation is 3. The van der Waals surface area contributed by atoms with Gasteiger partial charge in [-0.1, -0.05) is 29.8 Å². The van der Waals surface area contributed by atoms with Gasteiger partial charge in [0.1, 0.15) is 0 Å². The Hall–Kier alpha value is -2.36. The maximum atomic E-state index is 15.4. The van der Waals surface area contributed by atoms with Gasteiger partial charge in [0.05, 0.1) is 11.3 Å². The van der Waals surface area contributed by atoms with Crippen molar-refractivity contribution in [2.45, 2.75) is 34.6 Å². The van der Waals surface area contributed by atoms with Gasteiger partial charge >= 0.3 is 7.26 Å². The van der Waals surface area contributed by atoms with Crippen LogP contribution >= 0.6 is 0 Å². The summed E-state index contributed by atoms with van der Waals surface area (Å²) < 4.78 is 19.0. The van der Waals surface area contributed by atoms with E-state index in [1.54, 1.807) is 0 Å². The van der Waals surface area contributed by atoms with Gasteiger partial charge < -0.3 is 0 Å². The standard InChI is InChI=1S/C20H21BFN2/c1-12-6-8-17(9-7-12)18-19-13(2)10-15(4)23(19)21(22)24-16(5)11-14(3)20(18)24/h6-11H,1-5H3/q+1. The largest absolute Gasteiger partial charge is 0.846 e. The van der Waals surface area contributed by atoms with E-state index in [-0.39, 0.29) is 0 Å². The molecule has 0 unspecified atom stereocenters. The van der Waals surface area contributed by atoms with Gasteiger partial charge in [-0.3, -0.25) is 4.48 Å². The van der Waals surface area contributed by atoms with E-state index in [0.29, 0.717) is 0 Å². The number of aromatic nitrogens is 1. The van der Waals surface area contributed by atoms with Crippen LogP contribution in [0.1, 0.15) is 41.9 Å². The van der Waals surface area contributed by atoms with Crippen LogP contribution in [-0.2, 0) is 0 Å². The highest BCUT2D eigenvalue weighted by Gasteiger charge is 2.51. The smallest absolute Gasteiger partial charge is 0.290 e. The molecule has 1 aromatic carbocycles. The van der Waals surface area contributed by atoms with E-state index in [4.69, 9.17) is 0 Å². The molecule has 0 saturated carbocycles. The van der Waals surface area contributed by atoms with Crippen molar-refractivity contribution in [3.8, 4) is 0 Å². The number of halogens is 1. The van der Waals surface area contributed by atoms with Crippen LogP contribution in [0.3, 0.4) is 0 Å². The lowest BCUT2D eigenvalue weighted by Crippen LogP contribution is -2.40. The molecular formula is C20H21BFN2+. The van der Waals surface area contributed by atoms with Crippen molar-refractivity contribution in [3.63, 3.8) is 0 Å². The Labute approximate surface area is 142 Å². The summed E-state index contributed by atoms with van der Waals surface area (Å²) in [5, 5.41) is 0. The number of rotatable bonds is 1. The van der Waals surface area contributed by atoms with Gasteiger partial charge in [-0.2, -0.15) is 0 Å². The third kappa shape index (κ3) is 1.92. The SMILES string of the molecule is CC1=CC(C)=[N+]2B(F)n3c(C)cc(C)c3C(c3ccc(C)cc3)=C12. The van der Waals surface area contributed by atoms with E-state index in [0.717, 1.165) is 45.1 Å². The van der Waals surface area contributed by atoms with Crippen LogP contribution in [0.2, 0.25) is 0 Å². The van der Waals surface area contributed by atoms with Crippen molar-refractivity contribution in [2.24, 2.45) is 0 Å². The Morgan fingerprint density at radius 3 is 2.33 bits per heavy atom. The van der Waals surface area contributed by atoms with Crippen molar-refractivity contribution in [1.82, 2.24) is 4.48 Å². The Balaban J connectivity index is 2.12. The molecule has 0 spiro atoms. The van der Waals surface area contributed by atoms with Crippen LogP contribution in [0.4, 0.5) is 4.32 Å². The highest BCUT2D eigenvalue weighted by molar-refractivity contribution is 6.43. The first-order valence-corrected chi connectivity index (χ1v) is 8.36. The lowest BCUT2D eigenvalue weighted by Gasteiger charge is -2.22. The van der Waals surface area contributed by atoms with Crippen molar-refractivity contribution in [1.29, 1.82) is 0 Å². The lowest BCUT2D eigenvalue weighted by atomic mass is 9.87. The molecule has 0 aliphatic carbocycles. The van der Waals surface area contributed by atoms with Crippen LogP contribution < -0.4 is 0 Å². The quantitative estimate of drug-likeness (QED) is 0.688. The van der Waals surface area contributed by atoms with Crippen molar-refractivity contribution >= 4 is 18.5 Å². The zero-order chi connectivity index (χ0) is 17.2. The maximum absolute atomic E-state index is 15.4. The second-order valence-electron chi connectivity index (χ2n) is 6.93. The zero-order valence-corrected chi connectivity index (χ0v) is 14.8. The Morgan fingerprint density at radius 1 is 1.00 bits per heavy atom. The molecular weight excluding hydrogens is 298 g/mol. The van der Waals surface area contributed by atoms with Gasteiger partial charge in [-0.25, -0.2) is 8.80 Å². The average molecular weight is 319 g/mol. The normalized spacial score (nSPS) is 16.6. The fourth-order valence-corrected chi connectivity index (χ4v) is 4.04. The Bertz CT molecular complexity index is 958. The van der Waals surface area contributed by atoms with E-state index in [1.807, 2.05) is 22.8 Å². The minimum absolute atomic E-state index is 0.955. The lowest BCUT2D eigenvalue weighted by molar-refractivity contribution is -0.336. The molecule has 4 rings (SSSR count). The van der Waals surface area contributed by atoms with Crippen molar-refractivity contribution in [3.05, 3.63) is 75.8 Å². The molecule has 1 aromatic heterocycles. The highest BCUT2D eigenvalue weighted by atomic mass is 19.1. The topological polar surface area (TPSA) is 7.94 Å². The van der Waals surface area contributed by atoms with Gasteiger partial charge in [0.15, 0.2) is 11.4 Å². The third-order valence-corrected chi connectivity index (χ3v) is 5.08. The number of fused-ring (bicyclic) bond motifs is 2. The van der Waals surface area contributed by atoms with Gasteiger partial charge in [0.25, 0.3) is 0 Å². The molecule has 0 radical (unpaired) electrons. The molecule has 0 fully saturated rings. The number of hydrogen-bond acceptors (Lipinski definition) is 0. The summed E-state index contributed by atoms with van der Waals surface area (Å²) in [6.07, 6.45) is 2.08. The highest BCUT2D eigenvalue weighted by Crippen LogP contribution is 2.40. The van der Waals surface area contributed by atoms with Crippen LogP contribution in [0.25, 0.3) is 5.57 Å². The minimum atomic E-state index is -1.19. The molecule has 2 aliphatic heterocycles. The molecule has 24 heavy (non-hydrogen) atoms. The molecule has 2 nitrogen and oxygen atoms in total. The summed E-state index contributed by atoms with van der Waals surface area (Å²) in [6.45, 7) is 10.2. The minimum Gasteiger partial charge on any atom is -0.290 e. The summed E-state index contributed by atoms with van der Waals surface area (Å²) in [7, 11) is -1.19. The molecule has 120 valence electrons. The predicted molar refractivity (Wildman–Crippen MR) is 98.1 cm³/mol. The van der Waals surface area contributed by atoms with Crippen LogP contribution in [-0.4, -0.2) is 21.9 Å². The van der Waals surface area contributed by atoms with Gasteiger partial charge in [-0.15, -0.1) is 0 Å². The molecule has 0 bridgehead atoms. The van der Waals surface area contributed by atoms with Gasteiger partial charge in [-0.05, 0) is 44.9 Å². The van der Waals surface area contributed by atoms with Gasteiger partial charge in [0.2, 0.25) is 0 Å². The van der Waals surface area contributed by atoms with Crippen molar-refractivity contribution < 1.29 is 8.80 Å². The van der Waals surface area contributed by atoms with E-state index in [2.05, 4.69) is 57.2 Å². The molecule has 4 heteroatoms. The predicted octanol–water partition coefficient (Wildman–Crippen LogP) is 4.42. The third-order valence-electron chi connectivity index (χ3n) is 5.08. The van der Waals surface area contributed by atoms with E-state index in [1.165, 1.54) is 5.56 Å². The first-order valence-electron chi connectivity index (χ1n) is 8.36. The second-order valence-corrected chi connectivity index (χ2v) is 6.93. The number of nitrogens with zero attached hydrogens (tertiary/aromatic N) is 2. The summed E-state index contributed by atoms with van der Waals surface area (Å²) in [5.74, 6) is 0. The fourth-order valence-electron chi connectivity index (χ4n) is 4.04. The Kier molecular flexibility index (Phi) is 3.21. The molecule has 0 amide bonds. The molecule has 0 N–H and O–H groups in total. The first kappa shape index (κ1) is 15.2. The average Bonchev–Trinajstić information content (AvgIpc) is 2.99. The summed E-state index contributed by atoms with van der Waals surface area (Å²) in [6, 6.07) is 10.6. The van der Waals surface area contributed by atoms with Crippen LogP contribution in [0.15, 0.2) is 47.7 Å². The van der Waals surface area contributed by atoms with E-state index < -0.39 is 7.26 Å². The van der Waals surface area contributed by atoms with E-state index >= 15 is 4.32 Å². The maximum Gasteiger partial charge on any atom is 0.846 e. The number of hydrogen-bond donors (Lipinski definition) is 0. The van der Waals surface area contributed by atoms with E-state index in [9.17, 15) is 0 Å². The number of benzene rings is 1. The molecule has 0 atom stereocenters. The molecule has 0 saturated heterocycles. The molecule has 2 aliphatic rings. The fraction of sp³-hybridized carbons (Fsp3) is 0.250. The monoisotopic (exact) mass is 319 g/mol. The van der Waals surface area contributed by atoms with Crippen LogP contribution in [0.5, 0.6) is 0 Å². The molecule has 3 heterocycles. The van der Waals surface area contributed by atoms with Gasteiger partial charge in [0, 0.05) is 24.3 Å².